The Morgan fingerprint density at radius 1 is 0.774 bits per heavy atom. The minimum atomic E-state index is -0.193. The smallest absolute Gasteiger partial charge is 0.112 e. The van der Waals surface area contributed by atoms with Crippen molar-refractivity contribution in [1.29, 1.82) is 0 Å². The average molecular weight is 413 g/mol. The summed E-state index contributed by atoms with van der Waals surface area (Å²) in [5, 5.41) is 0. The largest absolute Gasteiger partial charge is 0.374 e. The molecule has 4 rings (SSSR count). The summed E-state index contributed by atoms with van der Waals surface area (Å²) in [6.45, 7) is 5.36. The van der Waals surface area contributed by atoms with Crippen LogP contribution >= 0.6 is 0 Å². The molecule has 1 aliphatic rings. The van der Waals surface area contributed by atoms with E-state index in [1.165, 1.54) is 0 Å². The van der Waals surface area contributed by atoms with Gasteiger partial charge in [0.1, 0.15) is 18.3 Å². The lowest BCUT2D eigenvalue weighted by Crippen LogP contribution is -2.38. The van der Waals surface area contributed by atoms with E-state index < -0.39 is 0 Å². The number of benzene rings is 3. The number of ether oxygens (including phenoxy) is 3. The van der Waals surface area contributed by atoms with E-state index >= 15 is 0 Å². The molecule has 158 valence electrons. The topological polar surface area (TPSA) is 27.7 Å². The molecule has 0 saturated carbocycles. The maximum absolute atomic E-state index is 6.42. The van der Waals surface area contributed by atoms with Crippen molar-refractivity contribution in [3.8, 4) is 0 Å². The summed E-state index contributed by atoms with van der Waals surface area (Å²) in [5.41, 5.74) is 4.49. The molecular weight excluding hydrogens is 384 g/mol. The van der Waals surface area contributed by atoms with Crippen LogP contribution in [0.25, 0.3) is 6.08 Å². The monoisotopic (exact) mass is 412 g/mol. The van der Waals surface area contributed by atoms with Crippen LogP contribution in [0.2, 0.25) is 0 Å². The first-order valence-corrected chi connectivity index (χ1v) is 10.7. The van der Waals surface area contributed by atoms with Crippen LogP contribution in [0.1, 0.15) is 28.4 Å². The summed E-state index contributed by atoms with van der Waals surface area (Å²) in [4.78, 5) is 0. The van der Waals surface area contributed by atoms with E-state index in [4.69, 9.17) is 14.2 Å². The van der Waals surface area contributed by atoms with Gasteiger partial charge in [0, 0.05) is 0 Å². The first-order chi connectivity index (χ1) is 15.3. The van der Waals surface area contributed by atoms with Gasteiger partial charge in [-0.25, -0.2) is 0 Å². The van der Waals surface area contributed by atoms with Crippen LogP contribution in [0.5, 0.6) is 0 Å². The Bertz CT molecular complexity index is 964. The van der Waals surface area contributed by atoms with E-state index in [1.807, 2.05) is 42.5 Å². The fraction of sp³-hybridized carbons (Fsp3) is 0.214. The maximum atomic E-state index is 6.42. The second kappa shape index (κ2) is 10.9. The summed E-state index contributed by atoms with van der Waals surface area (Å²) in [6, 6.07) is 28.6. The first kappa shape index (κ1) is 21.3. The summed E-state index contributed by atoms with van der Waals surface area (Å²) >= 11 is 0. The molecule has 31 heavy (non-hydrogen) atoms. The molecule has 3 nitrogen and oxygen atoms in total. The lowest BCUT2D eigenvalue weighted by molar-refractivity contribution is -0.120. The second-order valence-electron chi connectivity index (χ2n) is 7.61. The van der Waals surface area contributed by atoms with E-state index in [0.717, 1.165) is 22.3 Å². The third-order valence-corrected chi connectivity index (χ3v) is 5.34. The van der Waals surface area contributed by atoms with Gasteiger partial charge in [0.15, 0.2) is 0 Å². The fourth-order valence-corrected chi connectivity index (χ4v) is 3.59. The molecule has 0 saturated heterocycles. The average Bonchev–Trinajstić information content (AvgIpc) is 2.84. The highest BCUT2D eigenvalue weighted by molar-refractivity contribution is 5.47. The molecule has 0 aliphatic carbocycles. The molecule has 0 amide bonds. The van der Waals surface area contributed by atoms with E-state index in [2.05, 4.69) is 67.3 Å². The highest BCUT2D eigenvalue weighted by atomic mass is 16.6. The van der Waals surface area contributed by atoms with Crippen molar-refractivity contribution >= 4 is 6.08 Å². The minimum absolute atomic E-state index is 0.124. The quantitative estimate of drug-likeness (QED) is 0.396. The Morgan fingerprint density at radius 2 is 1.42 bits per heavy atom. The summed E-state index contributed by atoms with van der Waals surface area (Å²) in [7, 11) is 0. The van der Waals surface area contributed by atoms with Gasteiger partial charge in [0.05, 0.1) is 19.8 Å². The molecule has 3 heteroatoms. The van der Waals surface area contributed by atoms with Crippen LogP contribution in [-0.2, 0) is 27.4 Å². The molecular formula is C28H28O3. The summed E-state index contributed by atoms with van der Waals surface area (Å²) in [6.07, 6.45) is 5.54. The fourth-order valence-electron chi connectivity index (χ4n) is 3.59. The van der Waals surface area contributed by atoms with Crippen LogP contribution in [0.4, 0.5) is 0 Å². The SMILES string of the molecule is C=Cc1ccc([C@@H]2C=C[C@H](OCc3ccccc3)[C@@H](COCc3ccccc3)O2)cc1. The van der Waals surface area contributed by atoms with Crippen molar-refractivity contribution in [2.75, 3.05) is 6.61 Å². The van der Waals surface area contributed by atoms with Crippen molar-refractivity contribution in [2.45, 2.75) is 31.5 Å². The Morgan fingerprint density at radius 3 is 2.06 bits per heavy atom. The van der Waals surface area contributed by atoms with Crippen molar-refractivity contribution in [1.82, 2.24) is 0 Å². The van der Waals surface area contributed by atoms with Crippen molar-refractivity contribution in [3.63, 3.8) is 0 Å². The molecule has 3 atom stereocenters. The Kier molecular flexibility index (Phi) is 7.46. The van der Waals surface area contributed by atoms with Gasteiger partial charge in [-0.15, -0.1) is 0 Å². The number of hydrogen-bond acceptors (Lipinski definition) is 3. The molecule has 3 aromatic rings. The van der Waals surface area contributed by atoms with Crippen molar-refractivity contribution in [3.05, 3.63) is 126 Å². The van der Waals surface area contributed by atoms with E-state index in [9.17, 15) is 0 Å². The molecule has 0 spiro atoms. The van der Waals surface area contributed by atoms with Gasteiger partial charge < -0.3 is 14.2 Å². The zero-order valence-electron chi connectivity index (χ0n) is 17.6. The van der Waals surface area contributed by atoms with Crippen LogP contribution in [0.3, 0.4) is 0 Å². The van der Waals surface area contributed by atoms with Crippen LogP contribution in [0, 0.1) is 0 Å². The predicted molar refractivity (Wildman–Crippen MR) is 124 cm³/mol. The normalized spacial score (nSPS) is 20.5. The summed E-state index contributed by atoms with van der Waals surface area (Å²) in [5.74, 6) is 0. The van der Waals surface area contributed by atoms with Gasteiger partial charge in [0.2, 0.25) is 0 Å². The van der Waals surface area contributed by atoms with Crippen LogP contribution in [-0.4, -0.2) is 18.8 Å². The Labute approximate surface area is 184 Å². The van der Waals surface area contributed by atoms with Crippen molar-refractivity contribution < 1.29 is 14.2 Å². The minimum Gasteiger partial charge on any atom is -0.374 e. The molecule has 1 heterocycles. The zero-order valence-corrected chi connectivity index (χ0v) is 17.6. The van der Waals surface area contributed by atoms with Crippen LogP contribution in [0.15, 0.2) is 104 Å². The lowest BCUT2D eigenvalue weighted by atomic mass is 10.0. The molecule has 1 aliphatic heterocycles. The van der Waals surface area contributed by atoms with Gasteiger partial charge in [-0.1, -0.05) is 110 Å². The molecule has 0 radical (unpaired) electrons. The van der Waals surface area contributed by atoms with Gasteiger partial charge in [0.25, 0.3) is 0 Å². The van der Waals surface area contributed by atoms with Gasteiger partial charge in [-0.3, -0.25) is 0 Å². The van der Waals surface area contributed by atoms with E-state index in [0.29, 0.717) is 19.8 Å². The molecule has 0 N–H and O–H groups in total. The number of hydrogen-bond donors (Lipinski definition) is 0. The standard InChI is InChI=1S/C28H28O3/c1-2-22-13-15-25(16-14-22)26-17-18-27(30-20-24-11-7-4-8-12-24)28(31-26)21-29-19-23-9-5-3-6-10-23/h2-18,26-28H,1,19-21H2/t26-,27-,28+/m0/s1. The third-order valence-electron chi connectivity index (χ3n) is 5.34. The molecule has 0 aromatic heterocycles. The first-order valence-electron chi connectivity index (χ1n) is 10.7. The van der Waals surface area contributed by atoms with Gasteiger partial charge in [-0.05, 0) is 22.3 Å². The Hall–Kier alpha value is -2.98. The molecule has 0 fully saturated rings. The summed E-state index contributed by atoms with van der Waals surface area (Å²) < 4.78 is 18.6. The maximum Gasteiger partial charge on any atom is 0.112 e. The van der Waals surface area contributed by atoms with Crippen LogP contribution < -0.4 is 0 Å². The lowest BCUT2D eigenvalue weighted by Gasteiger charge is -2.32. The third kappa shape index (κ3) is 6.02. The molecule has 0 unspecified atom stereocenters. The number of rotatable bonds is 9. The highest BCUT2D eigenvalue weighted by Gasteiger charge is 2.29. The van der Waals surface area contributed by atoms with Gasteiger partial charge >= 0.3 is 0 Å². The van der Waals surface area contributed by atoms with Crippen molar-refractivity contribution in [2.24, 2.45) is 0 Å². The molecule has 3 aromatic carbocycles. The van der Waals surface area contributed by atoms with E-state index in [-0.39, 0.29) is 18.3 Å². The molecule has 0 bridgehead atoms. The van der Waals surface area contributed by atoms with E-state index in [1.54, 1.807) is 0 Å². The second-order valence-corrected chi connectivity index (χ2v) is 7.61. The predicted octanol–water partition coefficient (Wildman–Crippen LogP) is 6.13. The van der Waals surface area contributed by atoms with Gasteiger partial charge in [-0.2, -0.15) is 0 Å². The highest BCUT2D eigenvalue weighted by Crippen LogP contribution is 2.29. The zero-order chi connectivity index (χ0) is 21.3. The Balaban J connectivity index is 1.43.